The Morgan fingerprint density at radius 2 is 2.05 bits per heavy atom. The van der Waals surface area contributed by atoms with Crippen LogP contribution in [0, 0.1) is 0 Å². The van der Waals surface area contributed by atoms with E-state index >= 15 is 0 Å². The maximum Gasteiger partial charge on any atom is 0.228 e. The Balaban J connectivity index is 2.08. The number of hydrogen-bond donors (Lipinski definition) is 1. The first-order valence-corrected chi connectivity index (χ1v) is 7.30. The SMILES string of the molecule is CC(C)Oc1cccc(Cl)c1-c1ccc2c(c1)CC(=O)N2. The molecule has 0 aromatic heterocycles. The summed E-state index contributed by atoms with van der Waals surface area (Å²) in [6, 6.07) is 11.5. The molecule has 2 aromatic carbocycles. The Kier molecular flexibility index (Phi) is 3.60. The van der Waals surface area contributed by atoms with Crippen LogP contribution in [0.2, 0.25) is 5.02 Å². The van der Waals surface area contributed by atoms with E-state index in [4.69, 9.17) is 16.3 Å². The molecule has 1 heterocycles. The largest absolute Gasteiger partial charge is 0.490 e. The second-order valence-electron chi connectivity index (χ2n) is 5.38. The minimum absolute atomic E-state index is 0.0277. The number of fused-ring (bicyclic) bond motifs is 1. The maximum atomic E-state index is 11.5. The third-order valence-electron chi connectivity index (χ3n) is 3.36. The van der Waals surface area contributed by atoms with Gasteiger partial charge >= 0.3 is 0 Å². The molecule has 108 valence electrons. The second-order valence-corrected chi connectivity index (χ2v) is 5.78. The first-order chi connectivity index (χ1) is 10.0. The fraction of sp³-hybridized carbons (Fsp3) is 0.235. The highest BCUT2D eigenvalue weighted by Gasteiger charge is 2.19. The van der Waals surface area contributed by atoms with Crippen molar-refractivity contribution in [3.8, 4) is 16.9 Å². The standard InChI is InChI=1S/C17H16ClNO2/c1-10(2)21-15-5-3-4-13(18)17(15)11-6-7-14-12(8-11)9-16(20)19-14/h3-8,10H,9H2,1-2H3,(H,19,20). The number of ether oxygens (including phenoxy) is 1. The van der Waals surface area contributed by atoms with Crippen molar-refractivity contribution >= 4 is 23.2 Å². The minimum atomic E-state index is 0.0277. The molecule has 1 amide bonds. The maximum absolute atomic E-state index is 11.5. The number of carbonyl (C=O) groups excluding carboxylic acids is 1. The van der Waals surface area contributed by atoms with Crippen LogP contribution in [0.3, 0.4) is 0 Å². The number of nitrogens with one attached hydrogen (secondary N) is 1. The van der Waals surface area contributed by atoms with Crippen LogP contribution in [0.4, 0.5) is 5.69 Å². The van der Waals surface area contributed by atoms with Crippen LogP contribution in [0.15, 0.2) is 36.4 Å². The van der Waals surface area contributed by atoms with Crippen LogP contribution < -0.4 is 10.1 Å². The Labute approximate surface area is 128 Å². The Morgan fingerprint density at radius 3 is 2.81 bits per heavy atom. The molecule has 0 radical (unpaired) electrons. The lowest BCUT2D eigenvalue weighted by atomic mass is 10.0. The monoisotopic (exact) mass is 301 g/mol. The highest BCUT2D eigenvalue weighted by molar-refractivity contribution is 6.33. The molecule has 0 aliphatic carbocycles. The molecule has 0 atom stereocenters. The van der Waals surface area contributed by atoms with E-state index in [1.54, 1.807) is 0 Å². The molecular weight excluding hydrogens is 286 g/mol. The molecule has 3 rings (SSSR count). The summed E-state index contributed by atoms with van der Waals surface area (Å²) in [7, 11) is 0. The quantitative estimate of drug-likeness (QED) is 0.918. The lowest BCUT2D eigenvalue weighted by molar-refractivity contribution is -0.115. The van der Waals surface area contributed by atoms with Gasteiger partial charge < -0.3 is 10.1 Å². The van der Waals surface area contributed by atoms with Gasteiger partial charge in [0.15, 0.2) is 0 Å². The minimum Gasteiger partial charge on any atom is -0.490 e. The van der Waals surface area contributed by atoms with Gasteiger partial charge in [0.25, 0.3) is 0 Å². The number of benzene rings is 2. The number of amides is 1. The van der Waals surface area contributed by atoms with Crippen LogP contribution in [0.5, 0.6) is 5.75 Å². The molecule has 0 saturated carbocycles. The van der Waals surface area contributed by atoms with E-state index in [1.165, 1.54) is 0 Å². The number of halogens is 1. The Bertz CT molecular complexity index is 710. The average molecular weight is 302 g/mol. The van der Waals surface area contributed by atoms with Gasteiger partial charge in [-0.2, -0.15) is 0 Å². The molecule has 3 nitrogen and oxygen atoms in total. The molecular formula is C17H16ClNO2. The van der Waals surface area contributed by atoms with E-state index < -0.39 is 0 Å². The topological polar surface area (TPSA) is 38.3 Å². The molecule has 1 aliphatic rings. The average Bonchev–Trinajstić information content (AvgIpc) is 2.77. The van der Waals surface area contributed by atoms with Crippen molar-refractivity contribution in [3.05, 3.63) is 47.0 Å². The summed E-state index contributed by atoms with van der Waals surface area (Å²) < 4.78 is 5.85. The normalized spacial score (nSPS) is 13.2. The van der Waals surface area contributed by atoms with Gasteiger partial charge in [0, 0.05) is 11.3 Å². The molecule has 21 heavy (non-hydrogen) atoms. The first-order valence-electron chi connectivity index (χ1n) is 6.93. The van der Waals surface area contributed by atoms with Gasteiger partial charge in [-0.3, -0.25) is 4.79 Å². The van der Waals surface area contributed by atoms with E-state index in [0.717, 1.165) is 28.1 Å². The molecule has 0 bridgehead atoms. The highest BCUT2D eigenvalue weighted by atomic mass is 35.5. The van der Waals surface area contributed by atoms with Crippen LogP contribution in [0.25, 0.3) is 11.1 Å². The van der Waals surface area contributed by atoms with E-state index in [1.807, 2.05) is 50.2 Å². The van der Waals surface area contributed by atoms with E-state index in [2.05, 4.69) is 5.32 Å². The van der Waals surface area contributed by atoms with Gasteiger partial charge in [-0.1, -0.05) is 23.7 Å². The third-order valence-corrected chi connectivity index (χ3v) is 3.67. The van der Waals surface area contributed by atoms with Crippen LogP contribution in [-0.2, 0) is 11.2 Å². The summed E-state index contributed by atoms with van der Waals surface area (Å²) in [6.45, 7) is 3.96. The summed E-state index contributed by atoms with van der Waals surface area (Å²) >= 11 is 6.36. The summed E-state index contributed by atoms with van der Waals surface area (Å²) in [5.41, 5.74) is 3.71. The molecule has 1 aliphatic heterocycles. The van der Waals surface area contributed by atoms with Gasteiger partial charge in [0.05, 0.1) is 17.5 Å². The van der Waals surface area contributed by atoms with Gasteiger partial charge in [0.2, 0.25) is 5.91 Å². The fourth-order valence-corrected chi connectivity index (χ4v) is 2.80. The summed E-state index contributed by atoms with van der Waals surface area (Å²) in [5.74, 6) is 0.787. The molecule has 0 fully saturated rings. The number of anilines is 1. The van der Waals surface area contributed by atoms with Crippen LogP contribution >= 0.6 is 11.6 Å². The zero-order chi connectivity index (χ0) is 15.0. The first kappa shape index (κ1) is 14.0. The Hall–Kier alpha value is -2.00. The zero-order valence-electron chi connectivity index (χ0n) is 11.9. The smallest absolute Gasteiger partial charge is 0.228 e. The van der Waals surface area contributed by atoms with Crippen molar-refractivity contribution in [2.75, 3.05) is 5.32 Å². The predicted molar refractivity (Wildman–Crippen MR) is 85.0 cm³/mol. The fourth-order valence-electron chi connectivity index (χ4n) is 2.52. The number of hydrogen-bond acceptors (Lipinski definition) is 2. The zero-order valence-corrected chi connectivity index (χ0v) is 12.7. The molecule has 1 N–H and O–H groups in total. The van der Waals surface area contributed by atoms with E-state index in [0.29, 0.717) is 11.4 Å². The second kappa shape index (κ2) is 5.41. The number of carbonyl (C=O) groups is 1. The van der Waals surface area contributed by atoms with Gasteiger partial charge in [0.1, 0.15) is 5.75 Å². The molecule has 2 aromatic rings. The summed E-state index contributed by atoms with van der Waals surface area (Å²) in [5, 5.41) is 3.48. The van der Waals surface area contributed by atoms with Gasteiger partial charge in [-0.15, -0.1) is 0 Å². The molecule has 0 saturated heterocycles. The lowest BCUT2D eigenvalue weighted by Crippen LogP contribution is -2.06. The summed E-state index contributed by atoms with van der Waals surface area (Å²) in [4.78, 5) is 11.5. The van der Waals surface area contributed by atoms with Crippen molar-refractivity contribution in [3.63, 3.8) is 0 Å². The lowest BCUT2D eigenvalue weighted by Gasteiger charge is -2.16. The van der Waals surface area contributed by atoms with Crippen LogP contribution in [-0.4, -0.2) is 12.0 Å². The van der Waals surface area contributed by atoms with Crippen molar-refractivity contribution in [2.24, 2.45) is 0 Å². The van der Waals surface area contributed by atoms with Crippen molar-refractivity contribution in [1.29, 1.82) is 0 Å². The highest BCUT2D eigenvalue weighted by Crippen LogP contribution is 2.39. The van der Waals surface area contributed by atoms with Crippen molar-refractivity contribution < 1.29 is 9.53 Å². The van der Waals surface area contributed by atoms with Gasteiger partial charge in [-0.25, -0.2) is 0 Å². The molecule has 4 heteroatoms. The number of rotatable bonds is 3. The van der Waals surface area contributed by atoms with Crippen molar-refractivity contribution in [2.45, 2.75) is 26.4 Å². The third kappa shape index (κ3) is 2.74. The molecule has 0 unspecified atom stereocenters. The van der Waals surface area contributed by atoms with Crippen molar-refractivity contribution in [1.82, 2.24) is 0 Å². The van der Waals surface area contributed by atoms with Gasteiger partial charge in [-0.05, 0) is 49.2 Å². The summed E-state index contributed by atoms with van der Waals surface area (Å²) in [6.07, 6.45) is 0.480. The van der Waals surface area contributed by atoms with E-state index in [9.17, 15) is 4.79 Å². The predicted octanol–water partition coefficient (Wildman–Crippen LogP) is 4.29. The Morgan fingerprint density at radius 1 is 1.24 bits per heavy atom. The van der Waals surface area contributed by atoms with Crippen LogP contribution in [0.1, 0.15) is 19.4 Å². The van der Waals surface area contributed by atoms with E-state index in [-0.39, 0.29) is 12.0 Å². The molecule has 0 spiro atoms.